The van der Waals surface area contributed by atoms with Gasteiger partial charge in [-0.15, -0.1) is 0 Å². The molecule has 0 atom stereocenters. The number of allylic oxidation sites excluding steroid dienone is 5. The first-order valence-electron chi connectivity index (χ1n) is 8.88. The van der Waals surface area contributed by atoms with Crippen molar-refractivity contribution >= 4 is 27.4 Å². The Morgan fingerprint density at radius 3 is 1.92 bits per heavy atom. The minimum absolute atomic E-state index is 1.16. The van der Waals surface area contributed by atoms with Crippen LogP contribution in [0.4, 0.5) is 0 Å². The van der Waals surface area contributed by atoms with Gasteiger partial charge in [0, 0.05) is 16.5 Å². The standard InChI is InChI=1S/C25H21N/c1-3-9-19(10-4-2)20-15-17-21(18-16-20)26-24-13-7-5-11-22(24)23-12-6-8-14-25(23)26/h3-18H,1H2,2H3/b10-4-,19-9+. The number of hydrogen-bond acceptors (Lipinski definition) is 0. The molecule has 0 fully saturated rings. The van der Waals surface area contributed by atoms with E-state index in [1.54, 1.807) is 0 Å². The number of fused-ring (bicyclic) bond motifs is 3. The van der Waals surface area contributed by atoms with E-state index in [0.29, 0.717) is 0 Å². The third-order valence-corrected chi connectivity index (χ3v) is 4.68. The fraction of sp³-hybridized carbons (Fsp3) is 0.0400. The summed E-state index contributed by atoms with van der Waals surface area (Å²) in [5.41, 5.74) is 5.99. The van der Waals surface area contributed by atoms with Crippen LogP contribution in [0.1, 0.15) is 12.5 Å². The molecule has 0 aliphatic heterocycles. The third kappa shape index (κ3) is 2.68. The van der Waals surface area contributed by atoms with Crippen LogP contribution >= 0.6 is 0 Å². The first kappa shape index (κ1) is 16.2. The molecule has 0 aliphatic rings. The molecule has 0 saturated carbocycles. The minimum Gasteiger partial charge on any atom is -0.309 e. The van der Waals surface area contributed by atoms with E-state index in [4.69, 9.17) is 0 Å². The first-order valence-corrected chi connectivity index (χ1v) is 8.88. The van der Waals surface area contributed by atoms with E-state index in [0.717, 1.165) is 5.57 Å². The number of nitrogens with zero attached hydrogens (tertiary/aromatic N) is 1. The van der Waals surface area contributed by atoms with Crippen molar-refractivity contribution in [3.8, 4) is 5.69 Å². The van der Waals surface area contributed by atoms with Crippen molar-refractivity contribution in [2.75, 3.05) is 0 Å². The van der Waals surface area contributed by atoms with Gasteiger partial charge >= 0.3 is 0 Å². The van der Waals surface area contributed by atoms with E-state index in [9.17, 15) is 0 Å². The third-order valence-electron chi connectivity index (χ3n) is 4.68. The van der Waals surface area contributed by atoms with Crippen molar-refractivity contribution in [2.45, 2.75) is 6.92 Å². The maximum atomic E-state index is 3.82. The predicted octanol–water partition coefficient (Wildman–Crippen LogP) is 6.93. The van der Waals surface area contributed by atoms with Crippen molar-refractivity contribution in [1.82, 2.24) is 4.57 Å². The zero-order valence-electron chi connectivity index (χ0n) is 14.9. The Balaban J connectivity index is 1.90. The molecule has 126 valence electrons. The quantitative estimate of drug-likeness (QED) is 0.356. The van der Waals surface area contributed by atoms with Crippen molar-refractivity contribution in [1.29, 1.82) is 0 Å². The van der Waals surface area contributed by atoms with Gasteiger partial charge in [-0.1, -0.05) is 79.4 Å². The molecule has 1 nitrogen and oxygen atoms in total. The molecule has 0 unspecified atom stereocenters. The summed E-state index contributed by atoms with van der Waals surface area (Å²) in [6.45, 7) is 5.85. The molecule has 0 N–H and O–H groups in total. The number of rotatable bonds is 4. The van der Waals surface area contributed by atoms with Crippen molar-refractivity contribution in [3.05, 3.63) is 109 Å². The van der Waals surface area contributed by atoms with Gasteiger partial charge in [-0.05, 0) is 42.3 Å². The Labute approximate surface area is 154 Å². The number of benzene rings is 3. The van der Waals surface area contributed by atoms with Gasteiger partial charge in [0.15, 0.2) is 0 Å². The summed E-state index contributed by atoms with van der Waals surface area (Å²) >= 11 is 0. The number of para-hydroxylation sites is 2. The fourth-order valence-corrected chi connectivity index (χ4v) is 3.56. The van der Waals surface area contributed by atoms with Crippen LogP contribution in [0.15, 0.2) is 104 Å². The van der Waals surface area contributed by atoms with Gasteiger partial charge in [-0.25, -0.2) is 0 Å². The molecular weight excluding hydrogens is 314 g/mol. The normalized spacial score (nSPS) is 12.3. The Morgan fingerprint density at radius 1 is 0.808 bits per heavy atom. The molecule has 0 bridgehead atoms. The second kappa shape index (κ2) is 6.89. The van der Waals surface area contributed by atoms with E-state index in [1.807, 2.05) is 19.1 Å². The first-order chi connectivity index (χ1) is 12.8. The lowest BCUT2D eigenvalue weighted by Crippen LogP contribution is -1.94. The van der Waals surface area contributed by atoms with Crippen molar-refractivity contribution in [3.63, 3.8) is 0 Å². The van der Waals surface area contributed by atoms with Gasteiger partial charge in [-0.3, -0.25) is 0 Å². The van der Waals surface area contributed by atoms with Gasteiger partial charge in [0.05, 0.1) is 11.0 Å². The van der Waals surface area contributed by atoms with Crippen LogP contribution in [0.2, 0.25) is 0 Å². The molecule has 3 aromatic carbocycles. The molecule has 26 heavy (non-hydrogen) atoms. The largest absolute Gasteiger partial charge is 0.309 e. The molecule has 0 saturated heterocycles. The highest BCUT2D eigenvalue weighted by Gasteiger charge is 2.11. The molecular formula is C25H21N. The van der Waals surface area contributed by atoms with Crippen molar-refractivity contribution in [2.24, 2.45) is 0 Å². The smallest absolute Gasteiger partial charge is 0.0541 e. The summed E-state index contributed by atoms with van der Waals surface area (Å²) in [4.78, 5) is 0. The van der Waals surface area contributed by atoms with E-state index < -0.39 is 0 Å². The van der Waals surface area contributed by atoms with Crippen LogP contribution in [0.3, 0.4) is 0 Å². The predicted molar refractivity (Wildman–Crippen MR) is 114 cm³/mol. The molecule has 0 spiro atoms. The Hall–Kier alpha value is -3.32. The monoisotopic (exact) mass is 335 g/mol. The van der Waals surface area contributed by atoms with Gasteiger partial charge in [-0.2, -0.15) is 0 Å². The summed E-state index contributed by atoms with van der Waals surface area (Å²) in [6, 6.07) is 25.9. The molecule has 0 radical (unpaired) electrons. The Kier molecular flexibility index (Phi) is 4.28. The maximum absolute atomic E-state index is 3.82. The second-order valence-electron chi connectivity index (χ2n) is 6.27. The highest BCUT2D eigenvalue weighted by atomic mass is 15.0. The Morgan fingerprint density at radius 2 is 1.38 bits per heavy atom. The fourth-order valence-electron chi connectivity index (χ4n) is 3.56. The van der Waals surface area contributed by atoms with E-state index in [-0.39, 0.29) is 0 Å². The number of aromatic nitrogens is 1. The second-order valence-corrected chi connectivity index (χ2v) is 6.27. The molecule has 4 aromatic rings. The summed E-state index contributed by atoms with van der Waals surface area (Å²) in [5, 5.41) is 2.57. The van der Waals surface area contributed by atoms with Gasteiger partial charge in [0.2, 0.25) is 0 Å². The molecule has 1 aromatic heterocycles. The minimum atomic E-state index is 1.16. The molecule has 1 heteroatoms. The highest BCUT2D eigenvalue weighted by Crippen LogP contribution is 2.32. The van der Waals surface area contributed by atoms with Crippen LogP contribution in [-0.2, 0) is 0 Å². The van der Waals surface area contributed by atoms with Gasteiger partial charge in [0.25, 0.3) is 0 Å². The lowest BCUT2D eigenvalue weighted by atomic mass is 10.0. The Bertz CT molecular complexity index is 1080. The topological polar surface area (TPSA) is 4.93 Å². The molecule has 0 aliphatic carbocycles. The zero-order chi connectivity index (χ0) is 17.9. The lowest BCUT2D eigenvalue weighted by molar-refractivity contribution is 1.18. The van der Waals surface area contributed by atoms with E-state index >= 15 is 0 Å². The summed E-state index contributed by atoms with van der Waals surface area (Å²) in [5.74, 6) is 0. The SMILES string of the molecule is C=C/C=C(\C=C/C)c1ccc(-n2c3ccccc3c3ccccc32)cc1. The maximum Gasteiger partial charge on any atom is 0.0541 e. The van der Waals surface area contributed by atoms with E-state index in [2.05, 4.69) is 96.1 Å². The van der Waals surface area contributed by atoms with Crippen LogP contribution in [0, 0.1) is 0 Å². The zero-order valence-corrected chi connectivity index (χ0v) is 14.9. The van der Waals surface area contributed by atoms with Crippen LogP contribution in [0.25, 0.3) is 33.1 Å². The average Bonchev–Trinajstić information content (AvgIpc) is 3.03. The average molecular weight is 335 g/mol. The summed E-state index contributed by atoms with van der Waals surface area (Å²) in [6.07, 6.45) is 8.03. The molecule has 4 rings (SSSR count). The lowest BCUT2D eigenvalue weighted by Gasteiger charge is -2.09. The van der Waals surface area contributed by atoms with Gasteiger partial charge < -0.3 is 4.57 Å². The molecule has 0 amide bonds. The van der Waals surface area contributed by atoms with Crippen LogP contribution in [0.5, 0.6) is 0 Å². The molecule has 1 heterocycles. The summed E-state index contributed by atoms with van der Waals surface area (Å²) in [7, 11) is 0. The highest BCUT2D eigenvalue weighted by molar-refractivity contribution is 6.09. The van der Waals surface area contributed by atoms with E-state index in [1.165, 1.54) is 33.1 Å². The summed E-state index contributed by atoms with van der Waals surface area (Å²) < 4.78 is 2.33. The van der Waals surface area contributed by atoms with Crippen LogP contribution < -0.4 is 0 Å². The number of hydrogen-bond donors (Lipinski definition) is 0. The van der Waals surface area contributed by atoms with Crippen LogP contribution in [-0.4, -0.2) is 4.57 Å². The van der Waals surface area contributed by atoms with Crippen molar-refractivity contribution < 1.29 is 0 Å². The van der Waals surface area contributed by atoms with Gasteiger partial charge in [0.1, 0.15) is 0 Å².